The van der Waals surface area contributed by atoms with Crippen molar-refractivity contribution in [1.82, 2.24) is 10.6 Å². The Kier molecular flexibility index (Phi) is 6.82. The first-order chi connectivity index (χ1) is 9.45. The molecule has 0 bridgehead atoms. The fourth-order valence-corrected chi connectivity index (χ4v) is 2.82. The van der Waals surface area contributed by atoms with Gasteiger partial charge in [0.1, 0.15) is 6.04 Å². The van der Waals surface area contributed by atoms with Crippen LogP contribution in [0.1, 0.15) is 59.3 Å². The number of carbonyl (C=O) groups is 2. The molecule has 0 radical (unpaired) electrons. The van der Waals surface area contributed by atoms with E-state index in [1.807, 2.05) is 20.8 Å². The molecule has 0 aromatic carbocycles. The Morgan fingerprint density at radius 3 is 2.25 bits per heavy atom. The zero-order chi connectivity index (χ0) is 15.1. The summed E-state index contributed by atoms with van der Waals surface area (Å²) in [5, 5.41) is 14.7. The molecule has 1 saturated carbocycles. The number of carbonyl (C=O) groups excluding carboxylic acids is 1. The fraction of sp³-hybridized carbons (Fsp3) is 0.867. The summed E-state index contributed by atoms with van der Waals surface area (Å²) in [5.74, 6) is -0.538. The highest BCUT2D eigenvalue weighted by atomic mass is 16.4. The van der Waals surface area contributed by atoms with Crippen LogP contribution in [0.25, 0.3) is 0 Å². The highest BCUT2D eigenvalue weighted by molar-refractivity contribution is 5.82. The van der Waals surface area contributed by atoms with Crippen molar-refractivity contribution in [3.8, 4) is 0 Å². The smallest absolute Gasteiger partial charge is 0.326 e. The molecular formula is C15H28N2O3. The third-order valence-electron chi connectivity index (χ3n) is 4.48. The van der Waals surface area contributed by atoms with E-state index in [2.05, 4.69) is 10.6 Å². The molecule has 3 atom stereocenters. The Morgan fingerprint density at radius 1 is 1.15 bits per heavy atom. The minimum atomic E-state index is -0.972. The molecule has 0 aromatic heterocycles. The van der Waals surface area contributed by atoms with Crippen LogP contribution in [0.15, 0.2) is 0 Å². The van der Waals surface area contributed by atoms with Gasteiger partial charge in [0.05, 0.1) is 0 Å². The van der Waals surface area contributed by atoms with Gasteiger partial charge in [-0.2, -0.15) is 0 Å². The van der Waals surface area contributed by atoms with Crippen LogP contribution < -0.4 is 10.6 Å². The number of amides is 2. The molecule has 1 aliphatic carbocycles. The van der Waals surface area contributed by atoms with Crippen molar-refractivity contribution in [2.24, 2.45) is 11.8 Å². The van der Waals surface area contributed by atoms with E-state index < -0.39 is 12.0 Å². The molecule has 5 nitrogen and oxygen atoms in total. The first-order valence-electron chi connectivity index (χ1n) is 7.75. The molecule has 0 aromatic rings. The number of nitrogens with one attached hydrogen (secondary N) is 2. The Bertz CT molecular complexity index is 327. The Morgan fingerprint density at radius 2 is 1.75 bits per heavy atom. The maximum absolute atomic E-state index is 11.9. The maximum Gasteiger partial charge on any atom is 0.326 e. The molecule has 0 saturated heterocycles. The SMILES string of the molecule is CC[C@H](C)[C@H](NC(=O)NC(C)C1CCCCC1)C(=O)O. The number of hydrogen-bond acceptors (Lipinski definition) is 2. The molecule has 0 aliphatic heterocycles. The summed E-state index contributed by atoms with van der Waals surface area (Å²) in [6.07, 6.45) is 6.75. The summed E-state index contributed by atoms with van der Waals surface area (Å²) in [6.45, 7) is 5.77. The molecule has 5 heteroatoms. The van der Waals surface area contributed by atoms with Crippen LogP contribution >= 0.6 is 0 Å². The van der Waals surface area contributed by atoms with Crippen molar-refractivity contribution >= 4 is 12.0 Å². The monoisotopic (exact) mass is 284 g/mol. The summed E-state index contributed by atoms with van der Waals surface area (Å²) in [7, 11) is 0. The summed E-state index contributed by atoms with van der Waals surface area (Å²) >= 11 is 0. The molecule has 0 spiro atoms. The first-order valence-corrected chi connectivity index (χ1v) is 7.75. The molecule has 1 fully saturated rings. The second kappa shape index (κ2) is 8.12. The van der Waals surface area contributed by atoms with E-state index in [0.717, 1.165) is 19.3 Å². The predicted octanol–water partition coefficient (Wildman–Crippen LogP) is 2.75. The van der Waals surface area contributed by atoms with Crippen LogP contribution in [0.2, 0.25) is 0 Å². The van der Waals surface area contributed by atoms with E-state index in [9.17, 15) is 9.59 Å². The average molecular weight is 284 g/mol. The minimum Gasteiger partial charge on any atom is -0.480 e. The van der Waals surface area contributed by atoms with Gasteiger partial charge >= 0.3 is 12.0 Å². The first kappa shape index (κ1) is 16.8. The van der Waals surface area contributed by atoms with Gasteiger partial charge in [-0.3, -0.25) is 0 Å². The van der Waals surface area contributed by atoms with Crippen molar-refractivity contribution in [3.05, 3.63) is 0 Å². The molecule has 3 N–H and O–H groups in total. The molecule has 20 heavy (non-hydrogen) atoms. The second-order valence-corrected chi connectivity index (χ2v) is 6.01. The lowest BCUT2D eigenvalue weighted by molar-refractivity contribution is -0.140. The van der Waals surface area contributed by atoms with Crippen LogP contribution in [-0.2, 0) is 4.79 Å². The fourth-order valence-electron chi connectivity index (χ4n) is 2.82. The van der Waals surface area contributed by atoms with Gasteiger partial charge in [-0.1, -0.05) is 39.5 Å². The average Bonchev–Trinajstić information content (AvgIpc) is 2.44. The van der Waals surface area contributed by atoms with Crippen LogP contribution in [-0.4, -0.2) is 29.2 Å². The van der Waals surface area contributed by atoms with E-state index in [1.54, 1.807) is 0 Å². The highest BCUT2D eigenvalue weighted by Gasteiger charge is 2.27. The third-order valence-corrected chi connectivity index (χ3v) is 4.48. The molecule has 0 heterocycles. The lowest BCUT2D eigenvalue weighted by atomic mass is 9.84. The minimum absolute atomic E-state index is 0.0803. The maximum atomic E-state index is 11.9. The van der Waals surface area contributed by atoms with Gasteiger partial charge in [-0.05, 0) is 31.6 Å². The summed E-state index contributed by atoms with van der Waals surface area (Å²) in [6, 6.07) is -1.09. The van der Waals surface area contributed by atoms with Crippen LogP contribution in [0.3, 0.4) is 0 Å². The lowest BCUT2D eigenvalue weighted by Crippen LogP contribution is -2.52. The number of carboxylic acids is 1. The molecule has 1 rings (SSSR count). The summed E-state index contributed by atoms with van der Waals surface area (Å²) in [4.78, 5) is 23.1. The Labute approximate surface area is 121 Å². The van der Waals surface area contributed by atoms with Gasteiger partial charge < -0.3 is 15.7 Å². The molecule has 2 amide bonds. The topological polar surface area (TPSA) is 78.4 Å². The normalized spacial score (nSPS) is 20.8. The molecule has 116 valence electrons. The van der Waals surface area contributed by atoms with Gasteiger partial charge in [-0.15, -0.1) is 0 Å². The van der Waals surface area contributed by atoms with Gasteiger partial charge in [0, 0.05) is 6.04 Å². The zero-order valence-corrected chi connectivity index (χ0v) is 12.8. The van der Waals surface area contributed by atoms with Crippen molar-refractivity contribution in [2.45, 2.75) is 71.4 Å². The number of aliphatic carboxylic acids is 1. The lowest BCUT2D eigenvalue weighted by Gasteiger charge is -2.29. The van der Waals surface area contributed by atoms with E-state index in [-0.39, 0.29) is 18.0 Å². The van der Waals surface area contributed by atoms with Gasteiger partial charge in [0.2, 0.25) is 0 Å². The van der Waals surface area contributed by atoms with Crippen LogP contribution in [0, 0.1) is 11.8 Å². The van der Waals surface area contributed by atoms with E-state index >= 15 is 0 Å². The third kappa shape index (κ3) is 5.02. The van der Waals surface area contributed by atoms with Gasteiger partial charge in [0.15, 0.2) is 0 Å². The molecule has 1 aliphatic rings. The van der Waals surface area contributed by atoms with Crippen LogP contribution in [0.5, 0.6) is 0 Å². The number of hydrogen-bond donors (Lipinski definition) is 3. The van der Waals surface area contributed by atoms with Crippen molar-refractivity contribution in [1.29, 1.82) is 0 Å². The largest absolute Gasteiger partial charge is 0.480 e. The van der Waals surface area contributed by atoms with Crippen molar-refractivity contribution in [3.63, 3.8) is 0 Å². The zero-order valence-electron chi connectivity index (χ0n) is 12.8. The van der Waals surface area contributed by atoms with E-state index in [1.165, 1.54) is 19.3 Å². The summed E-state index contributed by atoms with van der Waals surface area (Å²) in [5.41, 5.74) is 0. The number of urea groups is 1. The van der Waals surface area contributed by atoms with Crippen molar-refractivity contribution in [2.75, 3.05) is 0 Å². The highest BCUT2D eigenvalue weighted by Crippen LogP contribution is 2.26. The Balaban J connectivity index is 2.46. The molecular weight excluding hydrogens is 256 g/mol. The number of rotatable bonds is 6. The molecule has 1 unspecified atom stereocenters. The standard InChI is InChI=1S/C15H28N2O3/c1-4-10(2)13(14(18)19)17-15(20)16-11(3)12-8-6-5-7-9-12/h10-13H,4-9H2,1-3H3,(H,18,19)(H2,16,17,20)/t10-,11?,13-/m0/s1. The Hall–Kier alpha value is -1.26. The van der Waals surface area contributed by atoms with Gasteiger partial charge in [0.25, 0.3) is 0 Å². The van der Waals surface area contributed by atoms with Crippen LogP contribution in [0.4, 0.5) is 4.79 Å². The van der Waals surface area contributed by atoms with Crippen molar-refractivity contribution < 1.29 is 14.7 Å². The van der Waals surface area contributed by atoms with Gasteiger partial charge in [-0.25, -0.2) is 9.59 Å². The predicted molar refractivity (Wildman–Crippen MR) is 78.6 cm³/mol. The quantitative estimate of drug-likeness (QED) is 0.701. The second-order valence-electron chi connectivity index (χ2n) is 6.01. The van der Waals surface area contributed by atoms with E-state index in [0.29, 0.717) is 5.92 Å². The number of carboxylic acid groups (broad SMARTS) is 1. The van der Waals surface area contributed by atoms with E-state index in [4.69, 9.17) is 5.11 Å². The summed E-state index contributed by atoms with van der Waals surface area (Å²) < 4.78 is 0.